The zero-order valence-electron chi connectivity index (χ0n) is 18.8. The van der Waals surface area contributed by atoms with E-state index >= 15 is 4.39 Å². The van der Waals surface area contributed by atoms with E-state index in [-0.39, 0.29) is 17.4 Å². The third-order valence-electron chi connectivity index (χ3n) is 6.37. The lowest BCUT2D eigenvalue weighted by molar-refractivity contribution is -0.146. The second-order valence-corrected chi connectivity index (χ2v) is 11.0. The summed E-state index contributed by atoms with van der Waals surface area (Å²) in [6.45, 7) is 2.12. The molecular weight excluding hydrogens is 497 g/mol. The maximum Gasteiger partial charge on any atom is 0.308 e. The number of ether oxygens (including phenoxy) is 1. The summed E-state index contributed by atoms with van der Waals surface area (Å²) in [5.41, 5.74) is 1.05. The number of nitrogens with zero attached hydrogens (tertiary/aromatic N) is 3. The lowest BCUT2D eigenvalue weighted by Crippen LogP contribution is -2.44. The summed E-state index contributed by atoms with van der Waals surface area (Å²) in [7, 11) is 1.56. The van der Waals surface area contributed by atoms with Gasteiger partial charge in [0.2, 0.25) is 0 Å². The van der Waals surface area contributed by atoms with Crippen LogP contribution in [0.25, 0.3) is 10.9 Å². The van der Waals surface area contributed by atoms with Crippen molar-refractivity contribution >= 4 is 51.6 Å². The highest BCUT2D eigenvalue weighted by molar-refractivity contribution is 8.01. The monoisotopic (exact) mass is 523 g/mol. The Morgan fingerprint density at radius 2 is 2.29 bits per heavy atom. The van der Waals surface area contributed by atoms with Gasteiger partial charge in [0.15, 0.2) is 0 Å². The maximum atomic E-state index is 15.5. The highest BCUT2D eigenvalue weighted by atomic mass is 35.5. The predicted octanol–water partition coefficient (Wildman–Crippen LogP) is 5.96. The molecule has 4 rings (SSSR count). The number of pyridine rings is 1. The minimum absolute atomic E-state index is 0.0694. The molecule has 2 aromatic heterocycles. The highest BCUT2D eigenvalue weighted by Crippen LogP contribution is 2.38. The Labute approximate surface area is 211 Å². The Morgan fingerprint density at radius 1 is 1.44 bits per heavy atom. The van der Waals surface area contributed by atoms with Crippen molar-refractivity contribution in [2.45, 2.75) is 29.8 Å². The number of aliphatic carboxylic acids is 1. The third-order valence-corrected chi connectivity index (χ3v) is 8.62. The Balaban J connectivity index is 1.38. The SMILES string of the molecule is COc1ccc2ncc(Cl)c(C(F)CCC3CCN(CCSc4nccs4)CC3C(=O)O)c2c1. The molecule has 3 aromatic rings. The molecular formula is C24H27ClFN3O3S2. The first-order chi connectivity index (χ1) is 16.5. The molecule has 182 valence electrons. The maximum absolute atomic E-state index is 15.5. The summed E-state index contributed by atoms with van der Waals surface area (Å²) in [6.07, 6.45) is 3.39. The van der Waals surface area contributed by atoms with Gasteiger partial charge >= 0.3 is 5.97 Å². The quantitative estimate of drug-likeness (QED) is 0.328. The van der Waals surface area contributed by atoms with Crippen LogP contribution in [0, 0.1) is 11.8 Å². The van der Waals surface area contributed by atoms with Crippen LogP contribution in [0.1, 0.15) is 31.0 Å². The van der Waals surface area contributed by atoms with Gasteiger partial charge in [-0.3, -0.25) is 9.78 Å². The van der Waals surface area contributed by atoms with Crippen LogP contribution in [-0.2, 0) is 4.79 Å². The molecule has 0 spiro atoms. The van der Waals surface area contributed by atoms with Crippen molar-refractivity contribution in [3.63, 3.8) is 0 Å². The lowest BCUT2D eigenvalue weighted by atomic mass is 9.81. The normalized spacial score (nSPS) is 19.9. The average Bonchev–Trinajstić information content (AvgIpc) is 3.36. The Morgan fingerprint density at radius 3 is 3.03 bits per heavy atom. The molecule has 3 heterocycles. The fourth-order valence-electron chi connectivity index (χ4n) is 4.56. The number of likely N-dealkylation sites (tertiary alicyclic amines) is 1. The number of halogens is 2. The van der Waals surface area contributed by atoms with E-state index in [1.165, 1.54) is 6.20 Å². The van der Waals surface area contributed by atoms with Crippen molar-refractivity contribution in [2.75, 3.05) is 32.5 Å². The van der Waals surface area contributed by atoms with Gasteiger partial charge in [-0.2, -0.15) is 0 Å². The van der Waals surface area contributed by atoms with Gasteiger partial charge in [0.05, 0.1) is 23.6 Å². The predicted molar refractivity (Wildman–Crippen MR) is 135 cm³/mol. The number of carboxylic acids is 1. The van der Waals surface area contributed by atoms with E-state index < -0.39 is 18.1 Å². The van der Waals surface area contributed by atoms with E-state index in [9.17, 15) is 9.90 Å². The van der Waals surface area contributed by atoms with Gasteiger partial charge in [-0.15, -0.1) is 11.3 Å². The average molecular weight is 524 g/mol. The van der Waals surface area contributed by atoms with Gasteiger partial charge in [-0.1, -0.05) is 23.4 Å². The number of thiazole rings is 1. The van der Waals surface area contributed by atoms with E-state index in [0.717, 1.165) is 29.6 Å². The number of benzene rings is 1. The van der Waals surface area contributed by atoms with Crippen LogP contribution in [0.2, 0.25) is 5.02 Å². The fraction of sp³-hybridized carbons (Fsp3) is 0.458. The van der Waals surface area contributed by atoms with Crippen LogP contribution in [0.5, 0.6) is 5.75 Å². The number of carbonyl (C=O) groups is 1. The second-order valence-electron chi connectivity index (χ2n) is 8.39. The number of piperidine rings is 1. The van der Waals surface area contributed by atoms with Gasteiger partial charge in [-0.25, -0.2) is 9.37 Å². The number of aromatic nitrogens is 2. The zero-order chi connectivity index (χ0) is 24.1. The minimum atomic E-state index is -1.31. The van der Waals surface area contributed by atoms with Gasteiger partial charge < -0.3 is 14.7 Å². The second kappa shape index (κ2) is 11.7. The molecule has 3 atom stereocenters. The number of thioether (sulfide) groups is 1. The molecule has 1 aromatic carbocycles. The Hall–Kier alpha value is -1.94. The molecule has 1 N–H and O–H groups in total. The van der Waals surface area contributed by atoms with Crippen LogP contribution < -0.4 is 4.74 Å². The Kier molecular flexibility index (Phi) is 8.63. The molecule has 0 saturated carbocycles. The van der Waals surface area contributed by atoms with Crippen LogP contribution in [0.3, 0.4) is 0 Å². The summed E-state index contributed by atoms with van der Waals surface area (Å²) in [5, 5.41) is 12.7. The van der Waals surface area contributed by atoms with Gasteiger partial charge in [0.1, 0.15) is 16.3 Å². The summed E-state index contributed by atoms with van der Waals surface area (Å²) < 4.78 is 21.8. The fourth-order valence-corrected chi connectivity index (χ4v) is 6.54. The number of methoxy groups -OCH3 is 1. The van der Waals surface area contributed by atoms with E-state index in [0.29, 0.717) is 35.2 Å². The topological polar surface area (TPSA) is 75.5 Å². The first-order valence-corrected chi connectivity index (χ1v) is 13.4. The molecule has 1 aliphatic rings. The molecule has 0 amide bonds. The molecule has 0 aliphatic carbocycles. The Bertz CT molecular complexity index is 1120. The van der Waals surface area contributed by atoms with E-state index in [1.807, 2.05) is 5.38 Å². The third kappa shape index (κ3) is 6.00. The first-order valence-electron chi connectivity index (χ1n) is 11.2. The van der Waals surface area contributed by atoms with Crippen molar-refractivity contribution in [3.8, 4) is 5.75 Å². The molecule has 6 nitrogen and oxygen atoms in total. The van der Waals surface area contributed by atoms with E-state index in [1.54, 1.807) is 54.6 Å². The zero-order valence-corrected chi connectivity index (χ0v) is 21.2. The van der Waals surface area contributed by atoms with Gasteiger partial charge in [0.25, 0.3) is 0 Å². The standard InChI is InChI=1S/C24H27ClFN3O3S2/c1-32-16-3-5-21-17(12-16)22(19(25)13-28-21)20(26)4-2-15-6-8-29(14-18(15)23(30)31)9-11-34-24-27-7-10-33-24/h3,5,7,10,12-13,15,18,20H,2,4,6,8-9,11,14H2,1H3,(H,30,31). The summed E-state index contributed by atoms with van der Waals surface area (Å²) in [4.78, 5) is 22.8. The molecule has 1 fully saturated rings. The van der Waals surface area contributed by atoms with Crippen molar-refractivity contribution in [3.05, 3.63) is 46.6 Å². The van der Waals surface area contributed by atoms with E-state index in [2.05, 4.69) is 14.9 Å². The van der Waals surface area contributed by atoms with Gasteiger partial charge in [0, 0.05) is 47.6 Å². The van der Waals surface area contributed by atoms with Crippen molar-refractivity contribution in [1.29, 1.82) is 0 Å². The molecule has 1 aliphatic heterocycles. The molecule has 0 bridgehead atoms. The van der Waals surface area contributed by atoms with Crippen molar-refractivity contribution in [2.24, 2.45) is 11.8 Å². The van der Waals surface area contributed by atoms with Crippen molar-refractivity contribution < 1.29 is 19.0 Å². The molecule has 10 heteroatoms. The van der Waals surface area contributed by atoms with Crippen LogP contribution >= 0.6 is 34.7 Å². The lowest BCUT2D eigenvalue weighted by Gasteiger charge is -2.36. The number of rotatable bonds is 10. The summed E-state index contributed by atoms with van der Waals surface area (Å²) in [5.74, 6) is 0.0930. The van der Waals surface area contributed by atoms with Crippen molar-refractivity contribution in [1.82, 2.24) is 14.9 Å². The van der Waals surface area contributed by atoms with Crippen LogP contribution in [0.4, 0.5) is 4.39 Å². The number of fused-ring (bicyclic) bond motifs is 1. The van der Waals surface area contributed by atoms with Crippen LogP contribution in [-0.4, -0.2) is 58.4 Å². The number of hydrogen-bond donors (Lipinski definition) is 1. The highest BCUT2D eigenvalue weighted by Gasteiger charge is 2.34. The molecule has 1 saturated heterocycles. The van der Waals surface area contributed by atoms with Crippen LogP contribution in [0.15, 0.2) is 40.3 Å². The number of alkyl halides is 1. The number of carboxylic acid groups (broad SMARTS) is 1. The molecule has 3 unspecified atom stereocenters. The first kappa shape index (κ1) is 25.2. The largest absolute Gasteiger partial charge is 0.497 e. The summed E-state index contributed by atoms with van der Waals surface area (Å²) in [6, 6.07) is 5.31. The smallest absolute Gasteiger partial charge is 0.308 e. The summed E-state index contributed by atoms with van der Waals surface area (Å²) >= 11 is 9.65. The minimum Gasteiger partial charge on any atom is -0.497 e. The van der Waals surface area contributed by atoms with E-state index in [4.69, 9.17) is 16.3 Å². The van der Waals surface area contributed by atoms with Gasteiger partial charge in [-0.05, 0) is 49.9 Å². The molecule has 34 heavy (non-hydrogen) atoms. The molecule has 0 radical (unpaired) electrons. The number of hydrogen-bond acceptors (Lipinski definition) is 7.